The van der Waals surface area contributed by atoms with Crippen molar-refractivity contribution in [3.8, 4) is 0 Å². The van der Waals surface area contributed by atoms with Gasteiger partial charge in [0, 0.05) is 32.6 Å². The van der Waals surface area contributed by atoms with Crippen molar-refractivity contribution < 1.29 is 9.53 Å². The van der Waals surface area contributed by atoms with E-state index in [1.165, 1.54) is 5.56 Å². The Bertz CT molecular complexity index is 852. The molecular formula is C23H28Cl2N2O2. The van der Waals surface area contributed by atoms with Gasteiger partial charge in [-0.2, -0.15) is 0 Å². The molecule has 0 saturated carbocycles. The molecule has 1 amide bonds. The third-order valence-electron chi connectivity index (χ3n) is 5.16. The lowest BCUT2D eigenvalue weighted by atomic mass is 9.93. The first-order valence-corrected chi connectivity index (χ1v) is 10.6. The fourth-order valence-corrected chi connectivity index (χ4v) is 4.08. The quantitative estimate of drug-likeness (QED) is 0.606. The molecule has 2 atom stereocenters. The summed E-state index contributed by atoms with van der Waals surface area (Å²) >= 11 is 12.4. The number of halogens is 2. The van der Waals surface area contributed by atoms with Gasteiger partial charge in [-0.3, -0.25) is 4.90 Å². The number of rotatable bonds is 4. The van der Waals surface area contributed by atoms with Crippen LogP contribution in [0.2, 0.25) is 10.0 Å². The van der Waals surface area contributed by atoms with Gasteiger partial charge < -0.3 is 9.64 Å². The molecule has 1 heterocycles. The van der Waals surface area contributed by atoms with E-state index in [2.05, 4.69) is 17.0 Å². The molecule has 0 bridgehead atoms. The average molecular weight is 435 g/mol. The summed E-state index contributed by atoms with van der Waals surface area (Å²) in [5, 5.41) is 1.07. The lowest BCUT2D eigenvalue weighted by Crippen LogP contribution is -2.44. The molecule has 0 N–H and O–H groups in total. The number of carbonyl (C=O) groups excluding carboxylic acids is 1. The lowest BCUT2D eigenvalue weighted by Gasteiger charge is -2.31. The van der Waals surface area contributed by atoms with Crippen LogP contribution in [0.1, 0.15) is 37.8 Å². The molecule has 6 heteroatoms. The molecule has 0 radical (unpaired) electrons. The Labute approximate surface area is 183 Å². The number of hydrogen-bond acceptors (Lipinski definition) is 3. The van der Waals surface area contributed by atoms with Crippen LogP contribution >= 0.6 is 23.2 Å². The smallest absolute Gasteiger partial charge is 0.410 e. The highest BCUT2D eigenvalue weighted by Gasteiger charge is 2.39. The number of likely N-dealkylation sites (N-methyl/N-ethyl adjacent to an activating group) is 1. The molecule has 0 aromatic heterocycles. The molecule has 0 spiro atoms. The Morgan fingerprint density at radius 3 is 2.41 bits per heavy atom. The first-order valence-electron chi connectivity index (χ1n) is 9.81. The number of carbonyl (C=O) groups is 1. The number of nitrogens with zero attached hydrogens (tertiary/aromatic N) is 2. The summed E-state index contributed by atoms with van der Waals surface area (Å²) in [4.78, 5) is 16.8. The number of hydrogen-bond donors (Lipinski definition) is 0. The monoisotopic (exact) mass is 434 g/mol. The molecule has 0 aliphatic carbocycles. The summed E-state index contributed by atoms with van der Waals surface area (Å²) < 4.78 is 5.61. The zero-order chi connectivity index (χ0) is 21.2. The number of likely N-dealkylation sites (tertiary alicyclic amines) is 1. The van der Waals surface area contributed by atoms with E-state index in [1.54, 1.807) is 4.90 Å². The molecule has 0 unspecified atom stereocenters. The Morgan fingerprint density at radius 1 is 1.10 bits per heavy atom. The van der Waals surface area contributed by atoms with Gasteiger partial charge in [-0.25, -0.2) is 4.79 Å². The second-order valence-corrected chi connectivity index (χ2v) is 9.43. The van der Waals surface area contributed by atoms with E-state index in [1.807, 2.05) is 64.2 Å². The van der Waals surface area contributed by atoms with Crippen molar-refractivity contribution in [2.24, 2.45) is 0 Å². The molecule has 2 aromatic carbocycles. The summed E-state index contributed by atoms with van der Waals surface area (Å²) in [5.74, 6) is 0.117. The Morgan fingerprint density at radius 2 is 1.79 bits per heavy atom. The third kappa shape index (κ3) is 5.65. The number of amides is 1. The molecule has 156 valence electrons. The fourth-order valence-electron chi connectivity index (χ4n) is 3.77. The van der Waals surface area contributed by atoms with Crippen LogP contribution in [0.5, 0.6) is 0 Å². The second kappa shape index (κ2) is 8.95. The summed E-state index contributed by atoms with van der Waals surface area (Å²) in [6, 6.07) is 16.1. The minimum Gasteiger partial charge on any atom is -0.444 e. The summed E-state index contributed by atoms with van der Waals surface area (Å²) in [5.41, 5.74) is 1.79. The highest BCUT2D eigenvalue weighted by Crippen LogP contribution is 2.35. The Kier molecular flexibility index (Phi) is 6.77. The van der Waals surface area contributed by atoms with Gasteiger partial charge in [0.05, 0.1) is 16.1 Å². The lowest BCUT2D eigenvalue weighted by molar-refractivity contribution is 0.0217. The van der Waals surface area contributed by atoms with Crippen molar-refractivity contribution in [3.05, 3.63) is 69.7 Å². The zero-order valence-corrected chi connectivity index (χ0v) is 18.9. The molecule has 1 aliphatic rings. The highest BCUT2D eigenvalue weighted by atomic mass is 35.5. The molecule has 1 fully saturated rings. The molecule has 1 aliphatic heterocycles. The van der Waals surface area contributed by atoms with E-state index in [0.717, 1.165) is 25.2 Å². The second-order valence-electron chi connectivity index (χ2n) is 8.62. The minimum atomic E-state index is -0.535. The van der Waals surface area contributed by atoms with Crippen molar-refractivity contribution in [1.29, 1.82) is 0 Å². The standard InChI is InChI=1S/C23H28Cl2N2O2/c1-23(2,3)29-22(28)26(4)21-15-27(13-16-8-6-5-7-9-16)14-18(21)17-10-11-19(24)20(25)12-17/h5-12,18,21H,13-15H2,1-4H3/t18-,21+/m1/s1. The van der Waals surface area contributed by atoms with E-state index in [0.29, 0.717) is 10.0 Å². The van der Waals surface area contributed by atoms with E-state index < -0.39 is 5.60 Å². The van der Waals surface area contributed by atoms with Crippen LogP contribution in [0.15, 0.2) is 48.5 Å². The fraction of sp³-hybridized carbons (Fsp3) is 0.435. The van der Waals surface area contributed by atoms with E-state index in [4.69, 9.17) is 27.9 Å². The molecule has 3 rings (SSSR count). The third-order valence-corrected chi connectivity index (χ3v) is 5.90. The molecule has 1 saturated heterocycles. The SMILES string of the molecule is CN(C(=O)OC(C)(C)C)[C@H]1CN(Cc2ccccc2)C[C@@H]1c1ccc(Cl)c(Cl)c1. The van der Waals surface area contributed by atoms with Crippen LogP contribution in [0.4, 0.5) is 4.79 Å². The van der Waals surface area contributed by atoms with E-state index >= 15 is 0 Å². The minimum absolute atomic E-state index is 0.0224. The maximum atomic E-state index is 12.7. The van der Waals surface area contributed by atoms with Crippen LogP contribution < -0.4 is 0 Å². The molecular weight excluding hydrogens is 407 g/mol. The van der Waals surface area contributed by atoms with Gasteiger partial charge in [-0.1, -0.05) is 59.6 Å². The topological polar surface area (TPSA) is 32.8 Å². The Balaban J connectivity index is 1.84. The van der Waals surface area contributed by atoms with E-state index in [-0.39, 0.29) is 18.1 Å². The van der Waals surface area contributed by atoms with Crippen LogP contribution in [0.3, 0.4) is 0 Å². The number of benzene rings is 2. The maximum Gasteiger partial charge on any atom is 0.410 e. The van der Waals surface area contributed by atoms with Crippen molar-refractivity contribution in [2.45, 2.75) is 44.9 Å². The van der Waals surface area contributed by atoms with Crippen LogP contribution in [-0.2, 0) is 11.3 Å². The maximum absolute atomic E-state index is 12.7. The molecule has 29 heavy (non-hydrogen) atoms. The van der Waals surface area contributed by atoms with Gasteiger partial charge in [0.25, 0.3) is 0 Å². The number of ether oxygens (including phenoxy) is 1. The summed E-state index contributed by atoms with van der Waals surface area (Å²) in [6.45, 7) is 8.06. The first-order chi connectivity index (χ1) is 13.6. The zero-order valence-electron chi connectivity index (χ0n) is 17.4. The summed E-state index contributed by atoms with van der Waals surface area (Å²) in [7, 11) is 1.81. The molecule has 2 aromatic rings. The van der Waals surface area contributed by atoms with E-state index in [9.17, 15) is 4.79 Å². The van der Waals surface area contributed by atoms with Gasteiger partial charge in [-0.15, -0.1) is 0 Å². The molecule has 4 nitrogen and oxygen atoms in total. The van der Waals surface area contributed by atoms with Gasteiger partial charge in [0.15, 0.2) is 0 Å². The first kappa shape index (κ1) is 21.9. The average Bonchev–Trinajstić information content (AvgIpc) is 3.06. The highest BCUT2D eigenvalue weighted by molar-refractivity contribution is 6.42. The normalized spacial score (nSPS) is 19.9. The van der Waals surface area contributed by atoms with Crippen molar-refractivity contribution >= 4 is 29.3 Å². The largest absolute Gasteiger partial charge is 0.444 e. The van der Waals surface area contributed by atoms with Gasteiger partial charge >= 0.3 is 6.09 Å². The van der Waals surface area contributed by atoms with Gasteiger partial charge in [0.1, 0.15) is 5.60 Å². The van der Waals surface area contributed by atoms with Crippen LogP contribution in [0.25, 0.3) is 0 Å². The summed E-state index contributed by atoms with van der Waals surface area (Å²) in [6.07, 6.45) is -0.311. The van der Waals surface area contributed by atoms with Crippen molar-refractivity contribution in [1.82, 2.24) is 9.80 Å². The predicted octanol–water partition coefficient (Wildman–Crippen LogP) is 5.83. The van der Waals surface area contributed by atoms with Crippen LogP contribution in [-0.4, -0.2) is 47.7 Å². The van der Waals surface area contributed by atoms with Crippen LogP contribution in [0, 0.1) is 0 Å². The predicted molar refractivity (Wildman–Crippen MR) is 119 cm³/mol. The van der Waals surface area contributed by atoms with Gasteiger partial charge in [-0.05, 0) is 44.0 Å². The Hall–Kier alpha value is -1.75. The van der Waals surface area contributed by atoms with Crippen molar-refractivity contribution in [3.63, 3.8) is 0 Å². The van der Waals surface area contributed by atoms with Gasteiger partial charge in [0.2, 0.25) is 0 Å². The van der Waals surface area contributed by atoms with Crippen molar-refractivity contribution in [2.75, 3.05) is 20.1 Å².